The van der Waals surface area contributed by atoms with Crippen molar-refractivity contribution in [2.24, 2.45) is 5.92 Å². The van der Waals surface area contributed by atoms with E-state index in [1.807, 2.05) is 0 Å². The second kappa shape index (κ2) is 8.46. The molecular formula is C19H31N. The Hall–Kier alpha value is -0.820. The summed E-state index contributed by atoms with van der Waals surface area (Å²) in [6.45, 7) is 5.60. The first-order valence-corrected chi connectivity index (χ1v) is 8.68. The lowest BCUT2D eigenvalue weighted by Crippen LogP contribution is -2.32. The fourth-order valence-corrected chi connectivity index (χ4v) is 3.64. The van der Waals surface area contributed by atoms with Crippen molar-refractivity contribution in [3.05, 3.63) is 35.4 Å². The van der Waals surface area contributed by atoms with Gasteiger partial charge < -0.3 is 5.32 Å². The van der Waals surface area contributed by atoms with Crippen LogP contribution in [0.15, 0.2) is 24.3 Å². The zero-order chi connectivity index (χ0) is 14.2. The van der Waals surface area contributed by atoms with E-state index in [1.54, 1.807) is 11.1 Å². The van der Waals surface area contributed by atoms with Crippen LogP contribution in [0.2, 0.25) is 0 Å². The number of aryl methyl sites for hydroxylation is 1. The summed E-state index contributed by atoms with van der Waals surface area (Å²) in [6, 6.07) is 9.64. The van der Waals surface area contributed by atoms with E-state index >= 15 is 0 Å². The van der Waals surface area contributed by atoms with Gasteiger partial charge in [-0.3, -0.25) is 0 Å². The molecule has 1 nitrogen and oxygen atoms in total. The molecule has 112 valence electrons. The molecule has 0 heterocycles. The van der Waals surface area contributed by atoms with Crippen LogP contribution in [-0.4, -0.2) is 6.54 Å². The van der Waals surface area contributed by atoms with Gasteiger partial charge in [0.25, 0.3) is 0 Å². The summed E-state index contributed by atoms with van der Waals surface area (Å²) >= 11 is 0. The number of fused-ring (bicyclic) bond motifs is 1. The van der Waals surface area contributed by atoms with Crippen LogP contribution in [0.1, 0.15) is 76.0 Å². The van der Waals surface area contributed by atoms with Crippen molar-refractivity contribution in [2.75, 3.05) is 6.54 Å². The highest BCUT2D eigenvalue weighted by molar-refractivity contribution is 5.33. The van der Waals surface area contributed by atoms with Gasteiger partial charge in [0.15, 0.2) is 0 Å². The van der Waals surface area contributed by atoms with Crippen LogP contribution in [-0.2, 0) is 6.42 Å². The fraction of sp³-hybridized carbons (Fsp3) is 0.684. The predicted molar refractivity (Wildman–Crippen MR) is 88.0 cm³/mol. The van der Waals surface area contributed by atoms with Crippen LogP contribution >= 0.6 is 0 Å². The van der Waals surface area contributed by atoms with Crippen LogP contribution in [0.25, 0.3) is 0 Å². The van der Waals surface area contributed by atoms with Gasteiger partial charge in [-0.05, 0) is 42.9 Å². The van der Waals surface area contributed by atoms with Crippen LogP contribution in [0.5, 0.6) is 0 Å². The molecule has 0 aromatic heterocycles. The Morgan fingerprint density at radius 2 is 1.85 bits per heavy atom. The van der Waals surface area contributed by atoms with E-state index in [0.29, 0.717) is 6.04 Å². The Morgan fingerprint density at radius 1 is 1.05 bits per heavy atom. The third kappa shape index (κ3) is 4.09. The Bertz CT molecular complexity index is 385. The minimum absolute atomic E-state index is 0.594. The quantitative estimate of drug-likeness (QED) is 0.637. The van der Waals surface area contributed by atoms with Gasteiger partial charge in [0.05, 0.1) is 0 Å². The Kier molecular flexibility index (Phi) is 6.59. The third-order valence-electron chi connectivity index (χ3n) is 4.75. The minimum atomic E-state index is 0.594. The highest BCUT2D eigenvalue weighted by atomic mass is 14.9. The first kappa shape index (κ1) is 15.6. The van der Waals surface area contributed by atoms with Crippen LogP contribution in [0.3, 0.4) is 0 Å². The van der Waals surface area contributed by atoms with Crippen molar-refractivity contribution >= 4 is 0 Å². The number of unbranched alkanes of at least 4 members (excludes halogenated alkanes) is 4. The molecule has 0 spiro atoms. The summed E-state index contributed by atoms with van der Waals surface area (Å²) in [6.07, 6.45) is 11.0. The molecule has 1 aliphatic rings. The summed E-state index contributed by atoms with van der Waals surface area (Å²) in [4.78, 5) is 0. The van der Waals surface area contributed by atoms with E-state index in [4.69, 9.17) is 0 Å². The number of benzene rings is 1. The average Bonchev–Trinajstić information content (AvgIpc) is 2.49. The SMILES string of the molecule is CCCCCCCC1CCc2ccccc2C1NCC. The number of rotatable bonds is 8. The molecule has 2 unspecified atom stereocenters. The molecule has 0 amide bonds. The molecule has 1 aliphatic carbocycles. The normalized spacial score (nSPS) is 21.7. The molecule has 2 atom stereocenters. The zero-order valence-corrected chi connectivity index (χ0v) is 13.3. The smallest absolute Gasteiger partial charge is 0.0351 e. The van der Waals surface area contributed by atoms with Crippen molar-refractivity contribution < 1.29 is 0 Å². The second-order valence-corrected chi connectivity index (χ2v) is 6.24. The van der Waals surface area contributed by atoms with Crippen molar-refractivity contribution in [3.8, 4) is 0 Å². The summed E-state index contributed by atoms with van der Waals surface area (Å²) in [5, 5.41) is 3.74. The van der Waals surface area contributed by atoms with Crippen LogP contribution < -0.4 is 5.32 Å². The maximum Gasteiger partial charge on any atom is 0.0351 e. The molecule has 2 rings (SSSR count). The first-order valence-electron chi connectivity index (χ1n) is 8.68. The van der Waals surface area contributed by atoms with E-state index < -0.39 is 0 Å². The monoisotopic (exact) mass is 273 g/mol. The summed E-state index contributed by atoms with van der Waals surface area (Å²) < 4.78 is 0. The van der Waals surface area contributed by atoms with Gasteiger partial charge >= 0.3 is 0 Å². The molecule has 20 heavy (non-hydrogen) atoms. The minimum Gasteiger partial charge on any atom is -0.310 e. The molecule has 1 N–H and O–H groups in total. The largest absolute Gasteiger partial charge is 0.310 e. The molecule has 0 bridgehead atoms. The highest BCUT2D eigenvalue weighted by Gasteiger charge is 2.27. The molecular weight excluding hydrogens is 242 g/mol. The van der Waals surface area contributed by atoms with Crippen LogP contribution in [0, 0.1) is 5.92 Å². The average molecular weight is 273 g/mol. The standard InChI is InChI=1S/C19H31N/c1-3-5-6-7-8-12-17-15-14-16-11-9-10-13-18(16)19(17)20-4-2/h9-11,13,17,19-20H,3-8,12,14-15H2,1-2H3. The number of hydrogen-bond acceptors (Lipinski definition) is 1. The van der Waals surface area contributed by atoms with Crippen molar-refractivity contribution in [1.29, 1.82) is 0 Å². The summed E-state index contributed by atoms with van der Waals surface area (Å²) in [7, 11) is 0. The maximum atomic E-state index is 3.74. The second-order valence-electron chi connectivity index (χ2n) is 6.24. The maximum absolute atomic E-state index is 3.74. The Morgan fingerprint density at radius 3 is 2.65 bits per heavy atom. The van der Waals surface area contributed by atoms with Gasteiger partial charge in [0.1, 0.15) is 0 Å². The lowest BCUT2D eigenvalue weighted by Gasteiger charge is -2.34. The Balaban J connectivity index is 1.92. The first-order chi connectivity index (χ1) is 9.86. The third-order valence-corrected chi connectivity index (χ3v) is 4.75. The van der Waals surface area contributed by atoms with E-state index in [-0.39, 0.29) is 0 Å². The van der Waals surface area contributed by atoms with Gasteiger partial charge in [-0.2, -0.15) is 0 Å². The highest BCUT2D eigenvalue weighted by Crippen LogP contribution is 2.37. The van der Waals surface area contributed by atoms with Gasteiger partial charge in [-0.25, -0.2) is 0 Å². The van der Waals surface area contributed by atoms with Gasteiger partial charge in [0.2, 0.25) is 0 Å². The van der Waals surface area contributed by atoms with E-state index in [1.165, 1.54) is 51.4 Å². The summed E-state index contributed by atoms with van der Waals surface area (Å²) in [5.41, 5.74) is 3.14. The molecule has 0 fully saturated rings. The van der Waals surface area contributed by atoms with Crippen molar-refractivity contribution in [2.45, 2.75) is 71.3 Å². The molecule has 0 saturated heterocycles. The van der Waals surface area contributed by atoms with Gasteiger partial charge in [0, 0.05) is 6.04 Å². The molecule has 1 heteroatoms. The number of nitrogens with one attached hydrogen (secondary N) is 1. The topological polar surface area (TPSA) is 12.0 Å². The molecule has 0 aliphatic heterocycles. The number of hydrogen-bond donors (Lipinski definition) is 1. The van der Waals surface area contributed by atoms with E-state index in [2.05, 4.69) is 43.4 Å². The van der Waals surface area contributed by atoms with E-state index in [9.17, 15) is 0 Å². The lowest BCUT2D eigenvalue weighted by atomic mass is 9.77. The van der Waals surface area contributed by atoms with Gasteiger partial charge in [-0.15, -0.1) is 0 Å². The molecule has 0 saturated carbocycles. The Labute approximate surface area is 125 Å². The molecule has 1 aromatic carbocycles. The molecule has 0 radical (unpaired) electrons. The zero-order valence-electron chi connectivity index (χ0n) is 13.3. The predicted octanol–water partition coefficient (Wildman–Crippen LogP) is 5.26. The summed E-state index contributed by atoms with van der Waals surface area (Å²) in [5.74, 6) is 0.839. The molecule has 1 aromatic rings. The lowest BCUT2D eigenvalue weighted by molar-refractivity contribution is 0.298. The van der Waals surface area contributed by atoms with E-state index in [0.717, 1.165) is 12.5 Å². The van der Waals surface area contributed by atoms with Crippen molar-refractivity contribution in [1.82, 2.24) is 5.32 Å². The van der Waals surface area contributed by atoms with Crippen molar-refractivity contribution in [3.63, 3.8) is 0 Å². The van der Waals surface area contributed by atoms with Crippen LogP contribution in [0.4, 0.5) is 0 Å². The fourth-order valence-electron chi connectivity index (χ4n) is 3.64. The van der Waals surface area contributed by atoms with Gasteiger partial charge in [-0.1, -0.05) is 70.2 Å².